The number of rotatable bonds is 3. The molecule has 0 unspecified atom stereocenters. The first-order valence-corrected chi connectivity index (χ1v) is 7.28. The van der Waals surface area contributed by atoms with Gasteiger partial charge in [-0.2, -0.15) is 13.2 Å². The fourth-order valence-corrected chi connectivity index (χ4v) is 2.77. The second kappa shape index (κ2) is 5.80. The van der Waals surface area contributed by atoms with E-state index in [2.05, 4.69) is 5.32 Å². The van der Waals surface area contributed by atoms with Crippen LogP contribution in [0.3, 0.4) is 0 Å². The molecule has 5 nitrogen and oxygen atoms in total. The molecule has 8 heteroatoms. The first kappa shape index (κ1) is 16.8. The van der Waals surface area contributed by atoms with E-state index in [4.69, 9.17) is 0 Å². The van der Waals surface area contributed by atoms with Crippen molar-refractivity contribution in [2.45, 2.75) is 12.6 Å². The Labute approximate surface area is 139 Å². The van der Waals surface area contributed by atoms with Crippen LogP contribution in [0, 0.1) is 0 Å². The number of phenols is 2. The fraction of sp³-hybridized carbons (Fsp3) is 0.176. The number of carbonyl (C=O) groups is 2. The summed E-state index contributed by atoms with van der Waals surface area (Å²) in [5, 5.41) is 22.3. The molecule has 1 aliphatic carbocycles. The Balaban J connectivity index is 2.06. The third kappa shape index (κ3) is 2.90. The number of aromatic hydroxyl groups is 2. The molecule has 3 rings (SSSR count). The normalized spacial score (nSPS) is 13.4. The number of nitrogens with one attached hydrogen (secondary N) is 1. The summed E-state index contributed by atoms with van der Waals surface area (Å²) in [6.45, 7) is -0.472. The lowest BCUT2D eigenvalue weighted by Crippen LogP contribution is -2.23. The number of phenolic OH excluding ortho intramolecular Hbond substituents is 2. The number of hydrogen-bond donors (Lipinski definition) is 3. The van der Waals surface area contributed by atoms with Gasteiger partial charge in [-0.15, -0.1) is 0 Å². The van der Waals surface area contributed by atoms with Crippen LogP contribution in [-0.4, -0.2) is 34.5 Å². The largest absolute Gasteiger partial charge is 0.507 e. The smallest absolute Gasteiger partial charge is 0.390 e. The molecule has 0 heterocycles. The van der Waals surface area contributed by atoms with E-state index in [1.807, 2.05) is 0 Å². The van der Waals surface area contributed by atoms with Crippen LogP contribution in [0.25, 0.3) is 0 Å². The number of alkyl halides is 3. The lowest BCUT2D eigenvalue weighted by Gasteiger charge is -2.22. The van der Waals surface area contributed by atoms with Gasteiger partial charge in [0.1, 0.15) is 11.5 Å². The van der Waals surface area contributed by atoms with Gasteiger partial charge in [-0.25, -0.2) is 0 Å². The standard InChI is InChI=1S/C17H12F3NO4/c18-17(19,20)6-7-21-9-3-1-2-8-12(9)16(25)14-11(23)5-4-10(22)13(14)15(8)24/h1-5,21-23H,6-7H2. The van der Waals surface area contributed by atoms with Gasteiger partial charge in [0.2, 0.25) is 0 Å². The van der Waals surface area contributed by atoms with Crippen LogP contribution >= 0.6 is 0 Å². The van der Waals surface area contributed by atoms with Gasteiger partial charge in [0.25, 0.3) is 0 Å². The zero-order chi connectivity index (χ0) is 18.4. The predicted octanol–water partition coefficient (Wildman–Crippen LogP) is 3.24. The van der Waals surface area contributed by atoms with Crippen molar-refractivity contribution in [1.82, 2.24) is 0 Å². The minimum atomic E-state index is -4.36. The predicted molar refractivity (Wildman–Crippen MR) is 82.2 cm³/mol. The molecule has 0 aromatic heterocycles. The molecule has 0 spiro atoms. The number of hydrogen-bond acceptors (Lipinski definition) is 5. The molecule has 2 aromatic rings. The van der Waals surface area contributed by atoms with Crippen molar-refractivity contribution < 1.29 is 33.0 Å². The minimum absolute atomic E-state index is 0.0459. The first-order valence-electron chi connectivity index (χ1n) is 7.28. The van der Waals surface area contributed by atoms with Gasteiger partial charge in [-0.3, -0.25) is 9.59 Å². The Morgan fingerprint density at radius 1 is 0.880 bits per heavy atom. The van der Waals surface area contributed by atoms with Crippen molar-refractivity contribution in [3.05, 3.63) is 52.6 Å². The summed E-state index contributed by atoms with van der Waals surface area (Å²) in [6.07, 6.45) is -5.47. The Kier molecular flexibility index (Phi) is 3.90. The van der Waals surface area contributed by atoms with E-state index in [-0.39, 0.29) is 27.9 Å². The molecule has 0 aliphatic heterocycles. The average Bonchev–Trinajstić information content (AvgIpc) is 2.53. The maximum Gasteiger partial charge on any atom is 0.390 e. The number of anilines is 1. The van der Waals surface area contributed by atoms with E-state index in [0.29, 0.717) is 0 Å². The van der Waals surface area contributed by atoms with Gasteiger partial charge in [0, 0.05) is 17.8 Å². The number of carbonyl (C=O) groups excluding carboxylic acids is 2. The number of benzene rings is 2. The number of fused-ring (bicyclic) bond motifs is 2. The maximum absolute atomic E-state index is 12.7. The van der Waals surface area contributed by atoms with Crippen molar-refractivity contribution in [1.29, 1.82) is 0 Å². The average molecular weight is 351 g/mol. The minimum Gasteiger partial charge on any atom is -0.507 e. The Hall–Kier alpha value is -3.03. The molecule has 0 saturated heterocycles. The van der Waals surface area contributed by atoms with Crippen LogP contribution in [0.15, 0.2) is 30.3 Å². The highest BCUT2D eigenvalue weighted by Gasteiger charge is 2.36. The molecule has 0 bridgehead atoms. The van der Waals surface area contributed by atoms with Crippen molar-refractivity contribution in [3.63, 3.8) is 0 Å². The molecule has 0 atom stereocenters. The highest BCUT2D eigenvalue weighted by molar-refractivity contribution is 6.31. The quantitative estimate of drug-likeness (QED) is 0.631. The Morgan fingerprint density at radius 3 is 2.08 bits per heavy atom. The Morgan fingerprint density at radius 2 is 1.48 bits per heavy atom. The third-order valence-corrected chi connectivity index (χ3v) is 3.88. The molecule has 2 aromatic carbocycles. The maximum atomic E-state index is 12.7. The van der Waals surface area contributed by atoms with Gasteiger partial charge in [0.05, 0.1) is 23.1 Å². The van der Waals surface area contributed by atoms with Crippen LogP contribution in [0.2, 0.25) is 0 Å². The van der Waals surface area contributed by atoms with Gasteiger partial charge < -0.3 is 15.5 Å². The van der Waals surface area contributed by atoms with Crippen molar-refractivity contribution in [2.24, 2.45) is 0 Å². The van der Waals surface area contributed by atoms with E-state index >= 15 is 0 Å². The molecule has 0 amide bonds. The summed E-state index contributed by atoms with van der Waals surface area (Å²) < 4.78 is 36.9. The summed E-state index contributed by atoms with van der Waals surface area (Å²) in [6, 6.07) is 6.31. The Bertz CT molecular complexity index is 890. The van der Waals surface area contributed by atoms with Gasteiger partial charge >= 0.3 is 6.18 Å². The zero-order valence-corrected chi connectivity index (χ0v) is 12.6. The topological polar surface area (TPSA) is 86.6 Å². The molecule has 3 N–H and O–H groups in total. The molecule has 0 saturated carbocycles. The highest BCUT2D eigenvalue weighted by Crippen LogP contribution is 2.39. The van der Waals surface area contributed by atoms with Gasteiger partial charge in [0.15, 0.2) is 11.6 Å². The van der Waals surface area contributed by atoms with Gasteiger partial charge in [-0.05, 0) is 18.2 Å². The molecule has 130 valence electrons. The summed E-state index contributed by atoms with van der Waals surface area (Å²) in [5.74, 6) is -2.36. The number of halogens is 3. The lowest BCUT2D eigenvalue weighted by atomic mass is 9.82. The summed E-state index contributed by atoms with van der Waals surface area (Å²) in [7, 11) is 0. The lowest BCUT2D eigenvalue weighted by molar-refractivity contribution is -0.131. The summed E-state index contributed by atoms with van der Waals surface area (Å²) >= 11 is 0. The van der Waals surface area contributed by atoms with Crippen molar-refractivity contribution in [2.75, 3.05) is 11.9 Å². The monoisotopic (exact) mass is 351 g/mol. The van der Waals surface area contributed by atoms with E-state index in [0.717, 1.165) is 12.1 Å². The van der Waals surface area contributed by atoms with Gasteiger partial charge in [-0.1, -0.05) is 12.1 Å². The van der Waals surface area contributed by atoms with E-state index < -0.39 is 42.2 Å². The van der Waals surface area contributed by atoms with Crippen molar-refractivity contribution >= 4 is 17.3 Å². The second-order valence-corrected chi connectivity index (χ2v) is 5.53. The molecule has 25 heavy (non-hydrogen) atoms. The van der Waals surface area contributed by atoms with Crippen LogP contribution < -0.4 is 5.32 Å². The molecular weight excluding hydrogens is 339 g/mol. The van der Waals surface area contributed by atoms with E-state index in [1.165, 1.54) is 18.2 Å². The fourth-order valence-electron chi connectivity index (χ4n) is 2.77. The van der Waals surface area contributed by atoms with Crippen LogP contribution in [0.5, 0.6) is 11.5 Å². The second-order valence-electron chi connectivity index (χ2n) is 5.53. The first-order chi connectivity index (χ1) is 11.7. The number of ketones is 2. The summed E-state index contributed by atoms with van der Waals surface area (Å²) in [5.41, 5.74) is -0.778. The van der Waals surface area contributed by atoms with Crippen LogP contribution in [-0.2, 0) is 0 Å². The van der Waals surface area contributed by atoms with E-state index in [9.17, 15) is 33.0 Å². The zero-order valence-electron chi connectivity index (χ0n) is 12.6. The van der Waals surface area contributed by atoms with E-state index in [1.54, 1.807) is 0 Å². The van der Waals surface area contributed by atoms with Crippen LogP contribution in [0.1, 0.15) is 38.3 Å². The molecule has 0 radical (unpaired) electrons. The molecule has 1 aliphatic rings. The highest BCUT2D eigenvalue weighted by atomic mass is 19.4. The third-order valence-electron chi connectivity index (χ3n) is 3.88. The summed E-state index contributed by atoms with van der Waals surface area (Å²) in [4.78, 5) is 25.3. The van der Waals surface area contributed by atoms with Crippen LogP contribution in [0.4, 0.5) is 18.9 Å². The molecular formula is C17H12F3NO4. The SMILES string of the molecule is O=C1c2cccc(NCCC(F)(F)F)c2C(=O)c2c(O)ccc(O)c21. The van der Waals surface area contributed by atoms with Crippen molar-refractivity contribution in [3.8, 4) is 11.5 Å². The molecule has 0 fully saturated rings.